The van der Waals surface area contributed by atoms with E-state index < -0.39 is 6.23 Å². The van der Waals surface area contributed by atoms with E-state index in [1.807, 2.05) is 6.92 Å². The Balaban J connectivity index is 2.41. The molecule has 1 rings (SSSR count). The monoisotopic (exact) mass is 184 g/mol. The van der Waals surface area contributed by atoms with Crippen molar-refractivity contribution in [1.82, 2.24) is 5.32 Å². The second-order valence-electron chi connectivity index (χ2n) is 3.73. The smallest absolute Gasteiger partial charge is 0.120 e. The first-order valence-electron chi connectivity index (χ1n) is 5.03. The fourth-order valence-electron chi connectivity index (χ4n) is 1.70. The summed E-state index contributed by atoms with van der Waals surface area (Å²) in [4.78, 5) is 0. The summed E-state index contributed by atoms with van der Waals surface area (Å²) >= 11 is 0. The molecule has 0 saturated carbocycles. The predicted octanol–water partition coefficient (Wildman–Crippen LogP) is 0.740. The largest absolute Gasteiger partial charge is 0.377 e. The van der Waals surface area contributed by atoms with E-state index in [0.717, 1.165) is 19.3 Å². The molecule has 0 aromatic carbocycles. The molecule has 0 heterocycles. The molecule has 4 N–H and O–H groups in total. The van der Waals surface area contributed by atoms with Gasteiger partial charge in [-0.15, -0.1) is 0 Å². The van der Waals surface area contributed by atoms with Crippen LogP contribution in [0.4, 0.5) is 0 Å². The van der Waals surface area contributed by atoms with Crippen molar-refractivity contribution >= 4 is 0 Å². The molecule has 76 valence electrons. The second kappa shape index (κ2) is 4.74. The van der Waals surface area contributed by atoms with Crippen molar-refractivity contribution in [3.8, 4) is 0 Å². The number of aliphatic hydroxyl groups is 1. The molecule has 0 aromatic heterocycles. The maximum absolute atomic E-state index is 9.54. The third-order valence-corrected chi connectivity index (χ3v) is 2.59. The van der Waals surface area contributed by atoms with Crippen molar-refractivity contribution < 1.29 is 5.11 Å². The number of nitrogens with one attached hydrogen (secondary N) is 1. The standard InChI is InChI=1S/C10H20N2O/c1-3-8-5-4-6-9(8)12-10(13)7(2)11/h5,7,9-10,12-13H,3-4,6,11H2,1-2H3. The number of nitrogens with two attached hydrogens (primary N) is 1. The summed E-state index contributed by atoms with van der Waals surface area (Å²) in [7, 11) is 0. The Labute approximate surface area is 80.0 Å². The van der Waals surface area contributed by atoms with Gasteiger partial charge in [-0.05, 0) is 26.2 Å². The van der Waals surface area contributed by atoms with Gasteiger partial charge in [-0.2, -0.15) is 0 Å². The van der Waals surface area contributed by atoms with Crippen LogP contribution in [0.15, 0.2) is 11.6 Å². The minimum Gasteiger partial charge on any atom is -0.377 e. The van der Waals surface area contributed by atoms with Gasteiger partial charge >= 0.3 is 0 Å². The van der Waals surface area contributed by atoms with Crippen molar-refractivity contribution in [3.05, 3.63) is 11.6 Å². The molecular formula is C10H20N2O. The highest BCUT2D eigenvalue weighted by Gasteiger charge is 2.21. The molecule has 0 amide bonds. The Kier molecular flexibility index (Phi) is 3.90. The summed E-state index contributed by atoms with van der Waals surface area (Å²) in [6.07, 6.45) is 4.94. The highest BCUT2D eigenvalue weighted by molar-refractivity contribution is 5.16. The van der Waals surface area contributed by atoms with E-state index in [1.165, 1.54) is 5.57 Å². The van der Waals surface area contributed by atoms with Gasteiger partial charge in [-0.3, -0.25) is 5.32 Å². The van der Waals surface area contributed by atoms with Crippen LogP contribution in [0, 0.1) is 0 Å². The molecule has 3 unspecified atom stereocenters. The van der Waals surface area contributed by atoms with E-state index in [0.29, 0.717) is 6.04 Å². The van der Waals surface area contributed by atoms with Crippen LogP contribution in [0.1, 0.15) is 33.1 Å². The lowest BCUT2D eigenvalue weighted by Crippen LogP contribution is -2.47. The topological polar surface area (TPSA) is 58.3 Å². The molecule has 3 atom stereocenters. The molecule has 13 heavy (non-hydrogen) atoms. The molecule has 3 heteroatoms. The summed E-state index contributed by atoms with van der Waals surface area (Å²) in [5.41, 5.74) is 6.97. The summed E-state index contributed by atoms with van der Waals surface area (Å²) in [5, 5.41) is 12.7. The van der Waals surface area contributed by atoms with Gasteiger partial charge in [0.15, 0.2) is 0 Å². The van der Waals surface area contributed by atoms with Crippen LogP contribution in [-0.2, 0) is 0 Å². The molecule has 0 radical (unpaired) electrons. The Morgan fingerprint density at radius 3 is 3.00 bits per heavy atom. The summed E-state index contributed by atoms with van der Waals surface area (Å²) in [6.45, 7) is 3.95. The Morgan fingerprint density at radius 2 is 2.46 bits per heavy atom. The molecule has 0 bridgehead atoms. The zero-order valence-corrected chi connectivity index (χ0v) is 8.46. The lowest BCUT2D eigenvalue weighted by Gasteiger charge is -2.23. The summed E-state index contributed by atoms with van der Waals surface area (Å²) in [5.74, 6) is 0. The molecular weight excluding hydrogens is 164 g/mol. The average Bonchev–Trinajstić information content (AvgIpc) is 2.51. The van der Waals surface area contributed by atoms with E-state index in [9.17, 15) is 5.11 Å². The Morgan fingerprint density at radius 1 is 1.77 bits per heavy atom. The molecule has 0 spiro atoms. The Bertz CT molecular complexity index is 189. The van der Waals surface area contributed by atoms with Gasteiger partial charge in [0.1, 0.15) is 6.23 Å². The molecule has 1 aliphatic carbocycles. The van der Waals surface area contributed by atoms with Crippen LogP contribution in [-0.4, -0.2) is 23.4 Å². The Hall–Kier alpha value is -0.380. The van der Waals surface area contributed by atoms with Gasteiger partial charge in [-0.1, -0.05) is 18.6 Å². The van der Waals surface area contributed by atoms with Gasteiger partial charge in [0.2, 0.25) is 0 Å². The van der Waals surface area contributed by atoms with Crippen LogP contribution in [0.2, 0.25) is 0 Å². The normalized spacial score (nSPS) is 27.1. The summed E-state index contributed by atoms with van der Waals surface area (Å²) < 4.78 is 0. The summed E-state index contributed by atoms with van der Waals surface area (Å²) in [6, 6.07) is 0.129. The second-order valence-corrected chi connectivity index (χ2v) is 3.73. The first-order valence-corrected chi connectivity index (χ1v) is 5.03. The van der Waals surface area contributed by atoms with E-state index in [-0.39, 0.29) is 6.04 Å². The minimum absolute atomic E-state index is 0.210. The third kappa shape index (κ3) is 2.79. The highest BCUT2D eigenvalue weighted by Crippen LogP contribution is 2.21. The van der Waals surface area contributed by atoms with Crippen molar-refractivity contribution in [2.24, 2.45) is 5.73 Å². The first kappa shape index (κ1) is 10.7. The first-order chi connectivity index (χ1) is 6.15. The van der Waals surface area contributed by atoms with Crippen molar-refractivity contribution in [3.63, 3.8) is 0 Å². The molecule has 0 fully saturated rings. The third-order valence-electron chi connectivity index (χ3n) is 2.59. The fraction of sp³-hybridized carbons (Fsp3) is 0.800. The van der Waals surface area contributed by atoms with Crippen LogP contribution < -0.4 is 11.1 Å². The van der Waals surface area contributed by atoms with Crippen LogP contribution in [0.3, 0.4) is 0 Å². The lowest BCUT2D eigenvalue weighted by molar-refractivity contribution is 0.105. The predicted molar refractivity (Wildman–Crippen MR) is 54.2 cm³/mol. The van der Waals surface area contributed by atoms with E-state index in [4.69, 9.17) is 5.73 Å². The zero-order valence-electron chi connectivity index (χ0n) is 8.46. The van der Waals surface area contributed by atoms with Gasteiger partial charge in [0, 0.05) is 12.1 Å². The number of rotatable bonds is 4. The van der Waals surface area contributed by atoms with E-state index in [1.54, 1.807) is 0 Å². The molecule has 0 aromatic rings. The minimum atomic E-state index is -0.585. The van der Waals surface area contributed by atoms with Gasteiger partial charge in [-0.25, -0.2) is 0 Å². The van der Waals surface area contributed by atoms with Crippen molar-refractivity contribution in [1.29, 1.82) is 0 Å². The van der Waals surface area contributed by atoms with Crippen molar-refractivity contribution in [2.45, 2.75) is 51.4 Å². The van der Waals surface area contributed by atoms with Crippen LogP contribution >= 0.6 is 0 Å². The number of allylic oxidation sites excluding steroid dienone is 1. The fourth-order valence-corrected chi connectivity index (χ4v) is 1.70. The molecule has 3 nitrogen and oxygen atoms in total. The highest BCUT2D eigenvalue weighted by atomic mass is 16.3. The molecule has 1 aliphatic rings. The SMILES string of the molecule is CCC1=CCCC1NC(O)C(C)N. The van der Waals surface area contributed by atoms with Gasteiger partial charge in [0.05, 0.1) is 0 Å². The van der Waals surface area contributed by atoms with Gasteiger partial charge in [0.25, 0.3) is 0 Å². The maximum Gasteiger partial charge on any atom is 0.120 e. The van der Waals surface area contributed by atoms with E-state index >= 15 is 0 Å². The average molecular weight is 184 g/mol. The number of hydrogen-bond acceptors (Lipinski definition) is 3. The molecule has 0 saturated heterocycles. The van der Waals surface area contributed by atoms with Crippen LogP contribution in [0.25, 0.3) is 0 Å². The maximum atomic E-state index is 9.54. The zero-order chi connectivity index (χ0) is 9.84. The van der Waals surface area contributed by atoms with Crippen molar-refractivity contribution in [2.75, 3.05) is 0 Å². The van der Waals surface area contributed by atoms with Crippen LogP contribution in [0.5, 0.6) is 0 Å². The lowest BCUT2D eigenvalue weighted by atomic mass is 10.1. The quantitative estimate of drug-likeness (QED) is 0.446. The van der Waals surface area contributed by atoms with Gasteiger partial charge < -0.3 is 10.8 Å². The molecule has 0 aliphatic heterocycles. The number of aliphatic hydroxyl groups excluding tert-OH is 1. The van der Waals surface area contributed by atoms with E-state index in [2.05, 4.69) is 18.3 Å². The number of hydrogen-bond donors (Lipinski definition) is 3.